The Morgan fingerprint density at radius 2 is 1.97 bits per heavy atom. The Morgan fingerprint density at radius 1 is 1.18 bits per heavy atom. The number of nitrogens with two attached hydrogens (primary N) is 1. The maximum Gasteiger partial charge on any atom is 0.270 e. The van der Waals surface area contributed by atoms with Crippen molar-refractivity contribution >= 4 is 16.9 Å². The van der Waals surface area contributed by atoms with Gasteiger partial charge in [0.25, 0.3) is 5.91 Å². The van der Waals surface area contributed by atoms with Crippen LogP contribution in [0.2, 0.25) is 0 Å². The molecular formula is C26H25FN6O. The van der Waals surface area contributed by atoms with Crippen LogP contribution in [0, 0.1) is 17.1 Å². The van der Waals surface area contributed by atoms with Crippen molar-refractivity contribution in [2.75, 3.05) is 13.1 Å². The number of hydrogen-bond donors (Lipinski definition) is 1. The van der Waals surface area contributed by atoms with Crippen molar-refractivity contribution in [2.24, 2.45) is 19.8 Å². The fourth-order valence-corrected chi connectivity index (χ4v) is 4.79. The van der Waals surface area contributed by atoms with Gasteiger partial charge < -0.3 is 19.8 Å². The Morgan fingerprint density at radius 3 is 2.71 bits per heavy atom. The molecule has 1 amide bonds. The number of imidazole rings is 1. The second kappa shape index (κ2) is 8.43. The number of likely N-dealkylation sites (tertiary alicyclic amines) is 1. The van der Waals surface area contributed by atoms with Gasteiger partial charge in [-0.05, 0) is 48.7 Å². The van der Waals surface area contributed by atoms with E-state index in [9.17, 15) is 9.18 Å². The number of hydrogen-bond acceptors (Lipinski definition) is 4. The maximum absolute atomic E-state index is 14.5. The SMILES string of the molecule is Cn1c(C(=O)N2CCCC(N)C2)cc(-c2ccc(C#N)c(F)c2)c1-c1ccc2c(c1)ncn2C. The van der Waals surface area contributed by atoms with E-state index in [1.807, 2.05) is 47.5 Å². The van der Waals surface area contributed by atoms with Gasteiger partial charge in [0, 0.05) is 44.4 Å². The number of piperidine rings is 1. The molecule has 0 bridgehead atoms. The van der Waals surface area contributed by atoms with Crippen molar-refractivity contribution in [1.29, 1.82) is 5.26 Å². The zero-order valence-electron chi connectivity index (χ0n) is 19.1. The van der Waals surface area contributed by atoms with E-state index < -0.39 is 5.82 Å². The summed E-state index contributed by atoms with van der Waals surface area (Å²) in [5, 5.41) is 9.14. The Bertz CT molecular complexity index is 1460. The van der Waals surface area contributed by atoms with Crippen LogP contribution in [0.1, 0.15) is 28.9 Å². The van der Waals surface area contributed by atoms with E-state index in [0.717, 1.165) is 35.1 Å². The van der Waals surface area contributed by atoms with Gasteiger partial charge in [-0.3, -0.25) is 4.79 Å². The summed E-state index contributed by atoms with van der Waals surface area (Å²) >= 11 is 0. The normalized spacial score (nSPS) is 16.1. The summed E-state index contributed by atoms with van der Waals surface area (Å²) in [4.78, 5) is 19.7. The van der Waals surface area contributed by atoms with Gasteiger partial charge in [-0.2, -0.15) is 5.26 Å². The molecule has 0 radical (unpaired) electrons. The summed E-state index contributed by atoms with van der Waals surface area (Å²) in [6, 6.07) is 14.1. The van der Waals surface area contributed by atoms with E-state index in [1.54, 1.807) is 23.4 Å². The lowest BCUT2D eigenvalue weighted by Crippen LogP contribution is -2.46. The van der Waals surface area contributed by atoms with Crippen LogP contribution in [-0.4, -0.2) is 44.1 Å². The number of fused-ring (bicyclic) bond motifs is 1. The van der Waals surface area contributed by atoms with E-state index in [-0.39, 0.29) is 17.5 Å². The smallest absolute Gasteiger partial charge is 0.270 e. The van der Waals surface area contributed by atoms with Gasteiger partial charge in [-0.25, -0.2) is 9.37 Å². The highest BCUT2D eigenvalue weighted by Gasteiger charge is 2.27. The van der Waals surface area contributed by atoms with Crippen molar-refractivity contribution in [3.8, 4) is 28.5 Å². The molecule has 7 nitrogen and oxygen atoms in total. The summed E-state index contributed by atoms with van der Waals surface area (Å²) in [5.41, 5.74) is 11.4. The van der Waals surface area contributed by atoms with Gasteiger partial charge in [0.2, 0.25) is 0 Å². The molecule has 2 aromatic heterocycles. The van der Waals surface area contributed by atoms with Gasteiger partial charge in [0.05, 0.1) is 28.6 Å². The summed E-state index contributed by atoms with van der Waals surface area (Å²) in [6.45, 7) is 1.17. The van der Waals surface area contributed by atoms with Crippen LogP contribution in [-0.2, 0) is 14.1 Å². The third kappa shape index (κ3) is 3.64. The molecule has 1 unspecified atom stereocenters. The fraction of sp³-hybridized carbons (Fsp3) is 0.269. The fourth-order valence-electron chi connectivity index (χ4n) is 4.79. The first-order valence-electron chi connectivity index (χ1n) is 11.2. The van der Waals surface area contributed by atoms with Crippen molar-refractivity contribution in [1.82, 2.24) is 19.0 Å². The van der Waals surface area contributed by atoms with Crippen molar-refractivity contribution in [2.45, 2.75) is 18.9 Å². The van der Waals surface area contributed by atoms with Crippen LogP contribution in [0.3, 0.4) is 0 Å². The van der Waals surface area contributed by atoms with Gasteiger partial charge in [-0.1, -0.05) is 12.1 Å². The predicted octanol–water partition coefficient (Wildman–Crippen LogP) is 3.82. The van der Waals surface area contributed by atoms with Gasteiger partial charge >= 0.3 is 0 Å². The molecule has 4 aromatic rings. The first-order chi connectivity index (χ1) is 16.4. The highest BCUT2D eigenvalue weighted by molar-refractivity contribution is 5.98. The third-order valence-electron chi connectivity index (χ3n) is 6.60. The Balaban J connectivity index is 1.68. The monoisotopic (exact) mass is 456 g/mol. The third-order valence-corrected chi connectivity index (χ3v) is 6.60. The van der Waals surface area contributed by atoms with Gasteiger partial charge in [-0.15, -0.1) is 0 Å². The van der Waals surface area contributed by atoms with Crippen LogP contribution < -0.4 is 5.73 Å². The largest absolute Gasteiger partial charge is 0.339 e. The van der Waals surface area contributed by atoms with Crippen molar-refractivity contribution in [3.63, 3.8) is 0 Å². The molecule has 1 saturated heterocycles. The molecule has 5 rings (SSSR count). The minimum Gasteiger partial charge on any atom is -0.339 e. The second-order valence-corrected chi connectivity index (χ2v) is 8.87. The van der Waals surface area contributed by atoms with Gasteiger partial charge in [0.15, 0.2) is 0 Å². The van der Waals surface area contributed by atoms with E-state index in [4.69, 9.17) is 11.0 Å². The average molecular weight is 457 g/mol. The zero-order valence-corrected chi connectivity index (χ0v) is 19.1. The Hall–Kier alpha value is -3.96. The first-order valence-corrected chi connectivity index (χ1v) is 11.2. The molecule has 8 heteroatoms. The molecule has 1 aliphatic heterocycles. The molecule has 34 heavy (non-hydrogen) atoms. The molecule has 2 aromatic carbocycles. The topological polar surface area (TPSA) is 92.9 Å². The molecule has 172 valence electrons. The lowest BCUT2D eigenvalue weighted by Gasteiger charge is -2.30. The number of halogens is 1. The Labute approximate surface area is 196 Å². The summed E-state index contributed by atoms with van der Waals surface area (Å²) in [5.74, 6) is -0.692. The van der Waals surface area contributed by atoms with E-state index >= 15 is 0 Å². The Kier molecular flexibility index (Phi) is 5.42. The van der Waals surface area contributed by atoms with Crippen LogP contribution in [0.15, 0.2) is 48.8 Å². The van der Waals surface area contributed by atoms with Crippen LogP contribution in [0.4, 0.5) is 4.39 Å². The summed E-state index contributed by atoms with van der Waals surface area (Å²) in [6.07, 6.45) is 3.53. The number of nitrogens with zero attached hydrogens (tertiary/aromatic N) is 5. The molecule has 1 fully saturated rings. The molecule has 0 saturated carbocycles. The summed E-state index contributed by atoms with van der Waals surface area (Å²) in [7, 11) is 3.78. The lowest BCUT2D eigenvalue weighted by molar-refractivity contribution is 0.0699. The lowest BCUT2D eigenvalue weighted by atomic mass is 9.99. The minimum atomic E-state index is -0.593. The predicted molar refractivity (Wildman–Crippen MR) is 128 cm³/mol. The van der Waals surface area contributed by atoms with Crippen LogP contribution >= 0.6 is 0 Å². The standard InChI is InChI=1S/C26H25FN6O/c1-31-15-30-22-11-17(7-8-23(22)31)25-20(16-5-6-18(13-28)21(27)10-16)12-24(32(25)2)26(34)33-9-3-4-19(29)14-33/h5-8,10-12,15,19H,3-4,9,14,29H2,1-2H3. The molecule has 0 spiro atoms. The van der Waals surface area contributed by atoms with E-state index in [0.29, 0.717) is 29.9 Å². The number of carbonyl (C=O) groups is 1. The first kappa shape index (κ1) is 21.9. The van der Waals surface area contributed by atoms with E-state index in [2.05, 4.69) is 4.98 Å². The molecular weight excluding hydrogens is 431 g/mol. The summed E-state index contributed by atoms with van der Waals surface area (Å²) < 4.78 is 18.3. The number of amides is 1. The van der Waals surface area contributed by atoms with Crippen LogP contribution in [0.5, 0.6) is 0 Å². The van der Waals surface area contributed by atoms with Crippen LogP contribution in [0.25, 0.3) is 33.4 Å². The highest BCUT2D eigenvalue weighted by atomic mass is 19.1. The number of aryl methyl sites for hydroxylation is 1. The average Bonchev–Trinajstić information content (AvgIpc) is 3.38. The van der Waals surface area contributed by atoms with Crippen molar-refractivity contribution < 1.29 is 9.18 Å². The number of carbonyl (C=O) groups excluding carboxylic acids is 1. The second-order valence-electron chi connectivity index (χ2n) is 8.87. The molecule has 0 aliphatic carbocycles. The maximum atomic E-state index is 14.5. The van der Waals surface area contributed by atoms with E-state index in [1.165, 1.54) is 12.1 Å². The molecule has 1 atom stereocenters. The molecule has 3 heterocycles. The number of nitriles is 1. The van der Waals surface area contributed by atoms with Gasteiger partial charge in [0.1, 0.15) is 17.6 Å². The molecule has 2 N–H and O–H groups in total. The number of rotatable bonds is 3. The quantitative estimate of drug-likeness (QED) is 0.507. The minimum absolute atomic E-state index is 0.0188. The van der Waals surface area contributed by atoms with Crippen molar-refractivity contribution in [3.05, 3.63) is 65.9 Å². The highest BCUT2D eigenvalue weighted by Crippen LogP contribution is 2.37. The number of benzene rings is 2. The molecule has 1 aliphatic rings. The number of aromatic nitrogens is 3. The zero-order chi connectivity index (χ0) is 24.0.